The number of aryl methyl sites for hydroxylation is 1. The third-order valence-electron chi connectivity index (χ3n) is 3.51. The van der Waals surface area contributed by atoms with E-state index in [1.165, 1.54) is 16.5 Å². The Hall–Kier alpha value is -1.36. The van der Waals surface area contributed by atoms with Crippen molar-refractivity contribution in [3.63, 3.8) is 0 Å². The summed E-state index contributed by atoms with van der Waals surface area (Å²) in [4.78, 5) is 0. The van der Waals surface area contributed by atoms with E-state index in [9.17, 15) is 0 Å². The fraction of sp³-hybridized carbons (Fsp3) is 0.267. The molecule has 3 rings (SSSR count). The lowest BCUT2D eigenvalue weighted by atomic mass is 10.1. The van der Waals surface area contributed by atoms with Crippen LogP contribution in [0, 0.1) is 0 Å². The molecule has 3 aromatic rings. The first-order valence-corrected chi connectivity index (χ1v) is 7.77. The molecule has 20 heavy (non-hydrogen) atoms. The predicted molar refractivity (Wildman–Crippen MR) is 85.3 cm³/mol. The molecule has 2 heterocycles. The van der Waals surface area contributed by atoms with Crippen molar-refractivity contribution in [2.45, 2.75) is 19.5 Å². The van der Waals surface area contributed by atoms with E-state index in [0.717, 1.165) is 16.4 Å². The van der Waals surface area contributed by atoms with Crippen LogP contribution in [-0.2, 0) is 13.6 Å². The van der Waals surface area contributed by atoms with E-state index in [1.54, 1.807) is 11.3 Å². The molecule has 0 aliphatic carbocycles. The second-order valence-electron chi connectivity index (χ2n) is 4.95. The summed E-state index contributed by atoms with van der Waals surface area (Å²) in [5.41, 5.74) is 3.66. The number of nitrogens with zero attached hydrogens (tertiary/aromatic N) is 2. The topological polar surface area (TPSA) is 29.9 Å². The van der Waals surface area contributed by atoms with Crippen LogP contribution in [0.25, 0.3) is 10.9 Å². The number of benzene rings is 1. The number of nitrogens with one attached hydrogen (secondary N) is 1. The molecule has 3 nitrogen and oxygen atoms in total. The van der Waals surface area contributed by atoms with E-state index in [2.05, 4.69) is 40.9 Å². The molecule has 0 fully saturated rings. The van der Waals surface area contributed by atoms with Gasteiger partial charge in [-0.25, -0.2) is 0 Å². The Morgan fingerprint density at radius 2 is 2.25 bits per heavy atom. The Morgan fingerprint density at radius 1 is 1.40 bits per heavy atom. The van der Waals surface area contributed by atoms with Crippen molar-refractivity contribution >= 4 is 33.8 Å². The van der Waals surface area contributed by atoms with Gasteiger partial charge in [-0.2, -0.15) is 5.10 Å². The van der Waals surface area contributed by atoms with Gasteiger partial charge in [-0.05, 0) is 35.6 Å². The van der Waals surface area contributed by atoms with Crippen molar-refractivity contribution in [1.29, 1.82) is 0 Å². The van der Waals surface area contributed by atoms with Crippen LogP contribution in [0.3, 0.4) is 0 Å². The third-order valence-corrected chi connectivity index (χ3v) is 4.62. The molecule has 5 heteroatoms. The monoisotopic (exact) mass is 305 g/mol. The van der Waals surface area contributed by atoms with Crippen LogP contribution in [0.4, 0.5) is 0 Å². The molecule has 0 saturated heterocycles. The molecular formula is C15H16ClN3S. The largest absolute Gasteiger partial charge is 0.306 e. The highest BCUT2D eigenvalue weighted by molar-refractivity contribution is 7.14. The molecule has 0 bridgehead atoms. The minimum absolute atomic E-state index is 0.293. The van der Waals surface area contributed by atoms with Gasteiger partial charge in [0.1, 0.15) is 0 Å². The summed E-state index contributed by atoms with van der Waals surface area (Å²) in [5.74, 6) is 0. The fourth-order valence-electron chi connectivity index (χ4n) is 2.24. The predicted octanol–water partition coefficient (Wildman–Crippen LogP) is 4.14. The first-order chi connectivity index (χ1) is 9.63. The molecule has 0 saturated carbocycles. The van der Waals surface area contributed by atoms with Crippen molar-refractivity contribution in [2.24, 2.45) is 7.05 Å². The number of rotatable bonds is 4. The molecule has 1 N–H and O–H groups in total. The molecule has 1 atom stereocenters. The van der Waals surface area contributed by atoms with Gasteiger partial charge in [0.25, 0.3) is 0 Å². The van der Waals surface area contributed by atoms with Crippen LogP contribution >= 0.6 is 22.9 Å². The molecule has 0 amide bonds. The lowest BCUT2D eigenvalue weighted by molar-refractivity contribution is 0.576. The number of halogens is 1. The van der Waals surface area contributed by atoms with Gasteiger partial charge >= 0.3 is 0 Å². The zero-order chi connectivity index (χ0) is 14.1. The number of hydrogen-bond donors (Lipinski definition) is 1. The van der Waals surface area contributed by atoms with Crippen LogP contribution < -0.4 is 5.32 Å². The number of fused-ring (bicyclic) bond motifs is 1. The van der Waals surface area contributed by atoms with Gasteiger partial charge in [0.2, 0.25) is 0 Å². The molecule has 1 unspecified atom stereocenters. The zero-order valence-corrected chi connectivity index (χ0v) is 13.0. The third kappa shape index (κ3) is 2.73. The number of hydrogen-bond acceptors (Lipinski definition) is 3. The first kappa shape index (κ1) is 13.6. The second-order valence-corrected chi connectivity index (χ2v) is 6.49. The molecule has 2 aromatic heterocycles. The lowest BCUT2D eigenvalue weighted by Gasteiger charge is -2.12. The average Bonchev–Trinajstić information content (AvgIpc) is 3.03. The molecule has 0 aliphatic rings. The maximum atomic E-state index is 5.97. The quantitative estimate of drug-likeness (QED) is 0.785. The maximum Gasteiger partial charge on any atom is 0.0931 e. The Kier molecular flexibility index (Phi) is 3.78. The van der Waals surface area contributed by atoms with Gasteiger partial charge in [0.05, 0.1) is 16.0 Å². The maximum absolute atomic E-state index is 5.97. The van der Waals surface area contributed by atoms with Gasteiger partial charge in [-0.15, -0.1) is 11.3 Å². The number of thiophene rings is 1. The highest BCUT2D eigenvalue weighted by Gasteiger charge is 2.08. The summed E-state index contributed by atoms with van der Waals surface area (Å²) in [6.07, 6.45) is 1.89. The highest BCUT2D eigenvalue weighted by atomic mass is 35.5. The summed E-state index contributed by atoms with van der Waals surface area (Å²) in [6, 6.07) is 8.76. The van der Waals surface area contributed by atoms with Crippen molar-refractivity contribution < 1.29 is 0 Å². The Morgan fingerprint density at radius 3 is 3.00 bits per heavy atom. The fourth-order valence-corrected chi connectivity index (χ4v) is 3.22. The summed E-state index contributed by atoms with van der Waals surface area (Å²) in [7, 11) is 1.97. The van der Waals surface area contributed by atoms with E-state index in [1.807, 2.05) is 24.0 Å². The molecule has 0 aliphatic heterocycles. The molecular weight excluding hydrogens is 290 g/mol. The first-order valence-electron chi connectivity index (χ1n) is 6.51. The average molecular weight is 306 g/mol. The lowest BCUT2D eigenvalue weighted by Crippen LogP contribution is -2.17. The van der Waals surface area contributed by atoms with E-state index >= 15 is 0 Å². The smallest absolute Gasteiger partial charge is 0.0931 e. The van der Waals surface area contributed by atoms with E-state index in [0.29, 0.717) is 6.04 Å². The minimum Gasteiger partial charge on any atom is -0.306 e. The van der Waals surface area contributed by atoms with E-state index < -0.39 is 0 Å². The molecule has 1 aromatic carbocycles. The molecule has 0 spiro atoms. The normalized spacial score (nSPS) is 12.9. The van der Waals surface area contributed by atoms with Gasteiger partial charge in [0, 0.05) is 25.0 Å². The minimum atomic E-state index is 0.293. The van der Waals surface area contributed by atoms with Crippen LogP contribution in [0.1, 0.15) is 24.1 Å². The van der Waals surface area contributed by atoms with Crippen molar-refractivity contribution in [3.05, 3.63) is 51.3 Å². The summed E-state index contributed by atoms with van der Waals surface area (Å²) >= 11 is 7.55. The Labute approximate surface area is 127 Å². The second kappa shape index (κ2) is 5.56. The molecule has 104 valence electrons. The van der Waals surface area contributed by atoms with Crippen molar-refractivity contribution in [2.75, 3.05) is 0 Å². The summed E-state index contributed by atoms with van der Waals surface area (Å²) < 4.78 is 2.74. The zero-order valence-electron chi connectivity index (χ0n) is 11.4. The van der Waals surface area contributed by atoms with Crippen molar-refractivity contribution in [3.8, 4) is 0 Å². The van der Waals surface area contributed by atoms with Crippen LogP contribution in [0.2, 0.25) is 4.34 Å². The Bertz CT molecular complexity index is 732. The number of aromatic nitrogens is 2. The van der Waals surface area contributed by atoms with E-state index in [-0.39, 0.29) is 0 Å². The van der Waals surface area contributed by atoms with E-state index in [4.69, 9.17) is 11.6 Å². The van der Waals surface area contributed by atoms with Gasteiger partial charge in [0.15, 0.2) is 0 Å². The van der Waals surface area contributed by atoms with Gasteiger partial charge < -0.3 is 5.32 Å². The van der Waals surface area contributed by atoms with Crippen LogP contribution in [0.15, 0.2) is 35.8 Å². The Balaban J connectivity index is 1.71. The van der Waals surface area contributed by atoms with Crippen LogP contribution in [-0.4, -0.2) is 9.78 Å². The highest BCUT2D eigenvalue weighted by Crippen LogP contribution is 2.25. The summed E-state index contributed by atoms with van der Waals surface area (Å²) in [5, 5.41) is 11.1. The van der Waals surface area contributed by atoms with Crippen LogP contribution in [0.5, 0.6) is 0 Å². The molecule has 0 radical (unpaired) electrons. The van der Waals surface area contributed by atoms with Crippen molar-refractivity contribution in [1.82, 2.24) is 15.1 Å². The summed E-state index contributed by atoms with van der Waals surface area (Å²) in [6.45, 7) is 2.98. The SMILES string of the molecule is CC(NCc1ccc2cnn(C)c2c1)c1csc(Cl)c1. The standard InChI is InChI=1S/C15H16ClN3S/c1-10(13-6-15(16)20-9-13)17-7-11-3-4-12-8-18-19(2)14(12)5-11/h3-6,8-10,17H,7H2,1-2H3. The van der Waals surface area contributed by atoms with Gasteiger partial charge in [-0.3, -0.25) is 4.68 Å². The van der Waals surface area contributed by atoms with Gasteiger partial charge in [-0.1, -0.05) is 23.7 Å².